The van der Waals surface area contributed by atoms with Crippen molar-refractivity contribution in [1.29, 1.82) is 0 Å². The number of nitrogens with one attached hydrogen (secondary N) is 1. The molecule has 0 radical (unpaired) electrons. The lowest BCUT2D eigenvalue weighted by Crippen LogP contribution is -2.09. The van der Waals surface area contributed by atoms with Gasteiger partial charge in [0, 0.05) is 22.7 Å². The summed E-state index contributed by atoms with van der Waals surface area (Å²) in [4.78, 5) is 11.9. The summed E-state index contributed by atoms with van der Waals surface area (Å²) in [6, 6.07) is 6.71. The van der Waals surface area contributed by atoms with Crippen LogP contribution in [0.4, 0.5) is 14.5 Å². The molecule has 0 aromatic heterocycles. The van der Waals surface area contributed by atoms with E-state index in [0.717, 1.165) is 29.8 Å². The largest absolute Gasteiger partial charge is 0.495 e. The van der Waals surface area contributed by atoms with Gasteiger partial charge < -0.3 is 10.1 Å². The van der Waals surface area contributed by atoms with Crippen molar-refractivity contribution in [3.8, 4) is 5.75 Å². The number of anilines is 1. The molecule has 0 unspecified atom stereocenters. The number of amides is 1. The van der Waals surface area contributed by atoms with Crippen molar-refractivity contribution in [2.24, 2.45) is 0 Å². The lowest BCUT2D eigenvalue weighted by Gasteiger charge is -2.11. The van der Waals surface area contributed by atoms with Gasteiger partial charge in [0.15, 0.2) is 0 Å². The number of aryl methyl sites for hydroxylation is 1. The van der Waals surface area contributed by atoms with Crippen LogP contribution < -0.4 is 10.1 Å². The zero-order valence-corrected chi connectivity index (χ0v) is 13.2. The number of rotatable bonds is 4. The van der Waals surface area contributed by atoms with Crippen molar-refractivity contribution in [3.05, 3.63) is 64.2 Å². The summed E-state index contributed by atoms with van der Waals surface area (Å²) in [7, 11) is 1.45. The molecule has 0 spiro atoms. The van der Waals surface area contributed by atoms with Gasteiger partial charge in [0.25, 0.3) is 0 Å². The van der Waals surface area contributed by atoms with Crippen LogP contribution in [-0.2, 0) is 4.79 Å². The van der Waals surface area contributed by atoms with E-state index in [1.165, 1.54) is 13.2 Å². The highest BCUT2D eigenvalue weighted by Crippen LogP contribution is 2.30. The predicted octanol–water partition coefficient (Wildman–Crippen LogP) is 4.59. The zero-order chi connectivity index (χ0) is 17.0. The summed E-state index contributed by atoms with van der Waals surface area (Å²) in [5.41, 5.74) is 0.895. The SMILES string of the molecule is COc1cc(Cl)c(C)cc1NC(=O)/C=C/c1c(F)cccc1F. The maximum atomic E-state index is 13.5. The van der Waals surface area contributed by atoms with Gasteiger partial charge in [-0.25, -0.2) is 8.78 Å². The Morgan fingerprint density at radius 1 is 1.26 bits per heavy atom. The van der Waals surface area contributed by atoms with E-state index < -0.39 is 17.5 Å². The van der Waals surface area contributed by atoms with Crippen molar-refractivity contribution < 1.29 is 18.3 Å². The number of hydrogen-bond donors (Lipinski definition) is 1. The molecule has 0 aliphatic carbocycles. The first kappa shape index (κ1) is 17.0. The van der Waals surface area contributed by atoms with E-state index in [2.05, 4.69) is 5.32 Å². The van der Waals surface area contributed by atoms with Gasteiger partial charge in [-0.1, -0.05) is 17.7 Å². The average molecular weight is 338 g/mol. The molecule has 1 amide bonds. The number of hydrogen-bond acceptors (Lipinski definition) is 2. The molecule has 2 aromatic rings. The van der Waals surface area contributed by atoms with Gasteiger partial charge in [-0.2, -0.15) is 0 Å². The summed E-state index contributed by atoms with van der Waals surface area (Å²) in [6.45, 7) is 1.78. The van der Waals surface area contributed by atoms with E-state index in [-0.39, 0.29) is 5.56 Å². The van der Waals surface area contributed by atoms with Gasteiger partial charge in [0.05, 0.1) is 12.8 Å². The van der Waals surface area contributed by atoms with Crippen LogP contribution in [0.25, 0.3) is 6.08 Å². The summed E-state index contributed by atoms with van der Waals surface area (Å²) in [5, 5.41) is 3.09. The number of benzene rings is 2. The van der Waals surface area contributed by atoms with Crippen LogP contribution in [0, 0.1) is 18.6 Å². The zero-order valence-electron chi connectivity index (χ0n) is 12.5. The lowest BCUT2D eigenvalue weighted by molar-refractivity contribution is -0.111. The van der Waals surface area contributed by atoms with Gasteiger partial charge in [-0.05, 0) is 36.8 Å². The molecule has 0 heterocycles. The van der Waals surface area contributed by atoms with E-state index in [1.807, 2.05) is 0 Å². The predicted molar refractivity (Wildman–Crippen MR) is 86.8 cm³/mol. The van der Waals surface area contributed by atoms with Crippen LogP contribution >= 0.6 is 11.6 Å². The van der Waals surface area contributed by atoms with Gasteiger partial charge in [0.1, 0.15) is 17.4 Å². The molecule has 0 aliphatic rings. The molecule has 0 saturated heterocycles. The van der Waals surface area contributed by atoms with Crippen molar-refractivity contribution >= 4 is 29.3 Å². The van der Waals surface area contributed by atoms with Gasteiger partial charge in [0.2, 0.25) is 5.91 Å². The first-order valence-electron chi connectivity index (χ1n) is 6.69. The molecular weight excluding hydrogens is 324 g/mol. The van der Waals surface area contributed by atoms with E-state index in [4.69, 9.17) is 16.3 Å². The maximum Gasteiger partial charge on any atom is 0.248 e. The van der Waals surface area contributed by atoms with Crippen LogP contribution in [0.1, 0.15) is 11.1 Å². The number of carbonyl (C=O) groups is 1. The first-order chi connectivity index (χ1) is 10.9. The van der Waals surface area contributed by atoms with E-state index in [0.29, 0.717) is 16.5 Å². The Kier molecular flexibility index (Phi) is 5.34. The summed E-state index contributed by atoms with van der Waals surface area (Å²) in [5.74, 6) is -1.64. The highest BCUT2D eigenvalue weighted by Gasteiger charge is 2.10. The van der Waals surface area contributed by atoms with Crippen molar-refractivity contribution in [3.63, 3.8) is 0 Å². The minimum atomic E-state index is -0.742. The van der Waals surface area contributed by atoms with E-state index in [9.17, 15) is 13.6 Å². The van der Waals surface area contributed by atoms with E-state index in [1.54, 1.807) is 19.1 Å². The number of ether oxygens (including phenoxy) is 1. The van der Waals surface area contributed by atoms with Crippen LogP contribution in [0.15, 0.2) is 36.4 Å². The van der Waals surface area contributed by atoms with Gasteiger partial charge in [-0.15, -0.1) is 0 Å². The molecule has 2 aromatic carbocycles. The molecule has 0 bridgehead atoms. The molecular formula is C17H14ClF2NO2. The van der Waals surface area contributed by atoms with Crippen LogP contribution in [-0.4, -0.2) is 13.0 Å². The third-order valence-corrected chi connectivity index (χ3v) is 3.55. The fourth-order valence-electron chi connectivity index (χ4n) is 1.93. The second-order valence-electron chi connectivity index (χ2n) is 4.76. The van der Waals surface area contributed by atoms with E-state index >= 15 is 0 Å². The minimum Gasteiger partial charge on any atom is -0.495 e. The summed E-state index contributed by atoms with van der Waals surface area (Å²) < 4.78 is 32.1. The van der Waals surface area contributed by atoms with Crippen LogP contribution in [0.2, 0.25) is 5.02 Å². The molecule has 2 rings (SSSR count). The smallest absolute Gasteiger partial charge is 0.248 e. The Balaban J connectivity index is 2.20. The average Bonchev–Trinajstić information content (AvgIpc) is 2.50. The third kappa shape index (κ3) is 4.07. The van der Waals surface area contributed by atoms with Crippen molar-refractivity contribution in [2.75, 3.05) is 12.4 Å². The fraction of sp³-hybridized carbons (Fsp3) is 0.118. The maximum absolute atomic E-state index is 13.5. The lowest BCUT2D eigenvalue weighted by atomic mass is 10.1. The Bertz CT molecular complexity index is 755. The van der Waals surface area contributed by atoms with Crippen LogP contribution in [0.3, 0.4) is 0 Å². The Morgan fingerprint density at radius 3 is 2.52 bits per heavy atom. The molecule has 120 valence electrons. The summed E-state index contributed by atoms with van der Waals surface area (Å²) in [6.07, 6.45) is 2.13. The Hall–Kier alpha value is -2.40. The molecule has 3 nitrogen and oxygen atoms in total. The summed E-state index contributed by atoms with van der Waals surface area (Å²) >= 11 is 5.99. The minimum absolute atomic E-state index is 0.276. The van der Waals surface area contributed by atoms with Crippen molar-refractivity contribution in [1.82, 2.24) is 0 Å². The standard InChI is InChI=1S/C17H14ClF2NO2/c1-10-8-15(16(23-2)9-12(10)18)21-17(22)7-6-11-13(19)4-3-5-14(11)20/h3-9H,1-2H3,(H,21,22)/b7-6+. The molecule has 23 heavy (non-hydrogen) atoms. The molecule has 0 saturated carbocycles. The highest BCUT2D eigenvalue weighted by molar-refractivity contribution is 6.31. The number of halogens is 3. The number of methoxy groups -OCH3 is 1. The first-order valence-corrected chi connectivity index (χ1v) is 7.07. The molecule has 0 aliphatic heterocycles. The molecule has 1 N–H and O–H groups in total. The second-order valence-corrected chi connectivity index (χ2v) is 5.17. The van der Waals surface area contributed by atoms with Gasteiger partial charge in [-0.3, -0.25) is 4.79 Å². The molecule has 0 atom stereocenters. The molecule has 0 fully saturated rings. The fourth-order valence-corrected chi connectivity index (χ4v) is 2.09. The Morgan fingerprint density at radius 2 is 1.91 bits per heavy atom. The second kappa shape index (κ2) is 7.24. The third-order valence-electron chi connectivity index (χ3n) is 3.14. The van der Waals surface area contributed by atoms with Crippen molar-refractivity contribution in [2.45, 2.75) is 6.92 Å². The Labute approximate surface area is 137 Å². The van der Waals surface area contributed by atoms with Gasteiger partial charge >= 0.3 is 0 Å². The van der Waals surface area contributed by atoms with Crippen LogP contribution in [0.5, 0.6) is 5.75 Å². The normalized spacial score (nSPS) is 10.8. The topological polar surface area (TPSA) is 38.3 Å². The number of carbonyl (C=O) groups excluding carboxylic acids is 1. The highest BCUT2D eigenvalue weighted by atomic mass is 35.5. The quantitative estimate of drug-likeness (QED) is 0.829. The monoisotopic (exact) mass is 337 g/mol. The molecule has 6 heteroatoms.